The SMILES string of the molecule is Cc1cccc(-c2nnc(I)o2)c1C. The highest BCUT2D eigenvalue weighted by molar-refractivity contribution is 14.1. The zero-order valence-corrected chi connectivity index (χ0v) is 10.1. The Balaban J connectivity index is 2.57. The molecule has 72 valence electrons. The molecule has 0 aliphatic carbocycles. The monoisotopic (exact) mass is 300 g/mol. The Kier molecular flexibility index (Phi) is 2.54. The second-order valence-electron chi connectivity index (χ2n) is 3.11. The minimum absolute atomic E-state index is 0.568. The van der Waals surface area contributed by atoms with E-state index in [0.717, 1.165) is 5.56 Å². The van der Waals surface area contributed by atoms with Gasteiger partial charge in [-0.3, -0.25) is 0 Å². The first-order valence-electron chi connectivity index (χ1n) is 4.24. The van der Waals surface area contributed by atoms with E-state index in [1.807, 2.05) is 34.7 Å². The summed E-state index contributed by atoms with van der Waals surface area (Å²) >= 11 is 2.01. The molecular weight excluding hydrogens is 291 g/mol. The van der Waals surface area contributed by atoms with Crippen LogP contribution in [0.3, 0.4) is 0 Å². The first-order valence-corrected chi connectivity index (χ1v) is 5.32. The average molecular weight is 300 g/mol. The van der Waals surface area contributed by atoms with Crippen LogP contribution in [0, 0.1) is 17.7 Å². The van der Waals surface area contributed by atoms with E-state index in [1.54, 1.807) is 0 Å². The van der Waals surface area contributed by atoms with Crippen LogP contribution in [0.4, 0.5) is 0 Å². The summed E-state index contributed by atoms with van der Waals surface area (Å²) in [5.41, 5.74) is 3.43. The molecule has 0 amide bonds. The lowest BCUT2D eigenvalue weighted by Gasteiger charge is -2.03. The fraction of sp³-hybridized carbons (Fsp3) is 0.200. The highest BCUT2D eigenvalue weighted by atomic mass is 127. The van der Waals surface area contributed by atoms with Crippen LogP contribution in [0.15, 0.2) is 22.6 Å². The minimum Gasteiger partial charge on any atom is -0.412 e. The molecule has 0 radical (unpaired) electrons. The maximum atomic E-state index is 5.37. The van der Waals surface area contributed by atoms with Crippen LogP contribution in [0.1, 0.15) is 11.1 Å². The van der Waals surface area contributed by atoms with Crippen molar-refractivity contribution < 1.29 is 4.42 Å². The third kappa shape index (κ3) is 1.66. The molecule has 4 heteroatoms. The number of benzene rings is 1. The standard InChI is InChI=1S/C10H9IN2O/c1-6-4-3-5-8(7(6)2)9-12-13-10(11)14-9/h3-5H,1-2H3. The molecule has 3 nitrogen and oxygen atoms in total. The number of nitrogens with zero attached hydrogens (tertiary/aromatic N) is 2. The summed E-state index contributed by atoms with van der Waals surface area (Å²) in [5.74, 6) is 0.593. The molecule has 0 aliphatic heterocycles. The van der Waals surface area contributed by atoms with Gasteiger partial charge < -0.3 is 4.42 Å². The van der Waals surface area contributed by atoms with Crippen LogP contribution in [0.5, 0.6) is 0 Å². The summed E-state index contributed by atoms with van der Waals surface area (Å²) in [5, 5.41) is 7.80. The van der Waals surface area contributed by atoms with E-state index >= 15 is 0 Å². The highest BCUT2D eigenvalue weighted by Gasteiger charge is 2.09. The molecule has 0 N–H and O–H groups in total. The molecule has 0 saturated carbocycles. The Morgan fingerprint density at radius 2 is 2.00 bits per heavy atom. The predicted octanol–water partition coefficient (Wildman–Crippen LogP) is 2.96. The summed E-state index contributed by atoms with van der Waals surface area (Å²) in [6, 6.07) is 6.06. The number of hydrogen-bond acceptors (Lipinski definition) is 3. The summed E-state index contributed by atoms with van der Waals surface area (Å²) < 4.78 is 5.94. The molecule has 1 aromatic carbocycles. The Bertz CT molecular complexity index is 465. The molecule has 0 aliphatic rings. The predicted molar refractivity (Wildman–Crippen MR) is 61.9 cm³/mol. The number of halogens is 1. The van der Waals surface area contributed by atoms with E-state index in [2.05, 4.69) is 30.1 Å². The van der Waals surface area contributed by atoms with Gasteiger partial charge in [-0.15, -0.1) is 10.2 Å². The van der Waals surface area contributed by atoms with Gasteiger partial charge in [0.25, 0.3) is 3.90 Å². The second kappa shape index (κ2) is 3.68. The molecule has 0 fully saturated rings. The lowest BCUT2D eigenvalue weighted by molar-refractivity contribution is 0.536. The number of hydrogen-bond donors (Lipinski definition) is 0. The second-order valence-corrected chi connectivity index (χ2v) is 4.03. The van der Waals surface area contributed by atoms with Gasteiger partial charge in [-0.25, -0.2) is 0 Å². The Labute approximate surface area is 95.7 Å². The van der Waals surface area contributed by atoms with Crippen molar-refractivity contribution in [2.75, 3.05) is 0 Å². The van der Waals surface area contributed by atoms with E-state index in [9.17, 15) is 0 Å². The van der Waals surface area contributed by atoms with Gasteiger partial charge in [-0.2, -0.15) is 0 Å². The minimum atomic E-state index is 0.568. The summed E-state index contributed by atoms with van der Waals surface area (Å²) in [4.78, 5) is 0. The highest BCUT2D eigenvalue weighted by Crippen LogP contribution is 2.24. The lowest BCUT2D eigenvalue weighted by atomic mass is 10.0. The Hall–Kier alpha value is -0.910. The first kappa shape index (κ1) is 9.64. The van der Waals surface area contributed by atoms with Crippen LogP contribution >= 0.6 is 22.6 Å². The van der Waals surface area contributed by atoms with E-state index in [4.69, 9.17) is 4.42 Å². The number of aromatic nitrogens is 2. The zero-order valence-electron chi connectivity index (χ0n) is 7.91. The van der Waals surface area contributed by atoms with E-state index in [0.29, 0.717) is 9.79 Å². The topological polar surface area (TPSA) is 38.9 Å². The smallest absolute Gasteiger partial charge is 0.278 e. The molecule has 0 unspecified atom stereocenters. The maximum Gasteiger partial charge on any atom is 0.278 e. The number of rotatable bonds is 1. The third-order valence-electron chi connectivity index (χ3n) is 2.24. The van der Waals surface area contributed by atoms with Crippen molar-refractivity contribution >= 4 is 22.6 Å². The van der Waals surface area contributed by atoms with Gasteiger partial charge in [-0.1, -0.05) is 12.1 Å². The Morgan fingerprint density at radius 1 is 1.21 bits per heavy atom. The van der Waals surface area contributed by atoms with Crippen LogP contribution in [-0.2, 0) is 0 Å². The lowest BCUT2D eigenvalue weighted by Crippen LogP contribution is -1.86. The fourth-order valence-electron chi connectivity index (χ4n) is 1.30. The van der Waals surface area contributed by atoms with Crippen molar-refractivity contribution in [3.8, 4) is 11.5 Å². The molecule has 1 aromatic heterocycles. The molecular formula is C10H9IN2O. The van der Waals surface area contributed by atoms with Crippen LogP contribution in [0.25, 0.3) is 11.5 Å². The summed E-state index contributed by atoms with van der Waals surface area (Å²) in [7, 11) is 0. The van der Waals surface area contributed by atoms with Crippen molar-refractivity contribution in [2.45, 2.75) is 13.8 Å². The Morgan fingerprint density at radius 3 is 2.64 bits per heavy atom. The summed E-state index contributed by atoms with van der Waals surface area (Å²) in [6.45, 7) is 4.13. The molecule has 0 spiro atoms. The van der Waals surface area contributed by atoms with Gasteiger partial charge in [0.05, 0.1) is 0 Å². The maximum absolute atomic E-state index is 5.37. The quantitative estimate of drug-likeness (QED) is 0.760. The third-order valence-corrected chi connectivity index (χ3v) is 2.67. The van der Waals surface area contributed by atoms with Crippen LogP contribution in [-0.4, -0.2) is 10.2 Å². The zero-order chi connectivity index (χ0) is 10.1. The van der Waals surface area contributed by atoms with Gasteiger partial charge in [0.1, 0.15) is 0 Å². The van der Waals surface area contributed by atoms with E-state index in [-0.39, 0.29) is 0 Å². The average Bonchev–Trinajstić information content (AvgIpc) is 2.57. The molecule has 2 aromatic rings. The van der Waals surface area contributed by atoms with Gasteiger partial charge in [-0.05, 0) is 31.0 Å². The largest absolute Gasteiger partial charge is 0.412 e. The van der Waals surface area contributed by atoms with E-state index in [1.165, 1.54) is 11.1 Å². The molecule has 0 atom stereocenters. The van der Waals surface area contributed by atoms with Gasteiger partial charge in [0.2, 0.25) is 5.89 Å². The van der Waals surface area contributed by atoms with Gasteiger partial charge >= 0.3 is 0 Å². The van der Waals surface area contributed by atoms with Crippen molar-refractivity contribution in [1.82, 2.24) is 10.2 Å². The summed E-state index contributed by atoms with van der Waals surface area (Å²) in [6.07, 6.45) is 0. The molecule has 14 heavy (non-hydrogen) atoms. The normalized spacial score (nSPS) is 10.5. The molecule has 0 bridgehead atoms. The van der Waals surface area contributed by atoms with Crippen molar-refractivity contribution in [3.05, 3.63) is 33.2 Å². The van der Waals surface area contributed by atoms with Gasteiger partial charge in [0, 0.05) is 28.2 Å². The molecule has 2 rings (SSSR count). The first-order chi connectivity index (χ1) is 6.68. The van der Waals surface area contributed by atoms with Gasteiger partial charge in [0.15, 0.2) is 0 Å². The van der Waals surface area contributed by atoms with Crippen molar-refractivity contribution in [1.29, 1.82) is 0 Å². The molecule has 0 saturated heterocycles. The van der Waals surface area contributed by atoms with Crippen molar-refractivity contribution in [2.24, 2.45) is 0 Å². The van der Waals surface area contributed by atoms with Crippen molar-refractivity contribution in [3.63, 3.8) is 0 Å². The fourth-order valence-corrected chi connectivity index (χ4v) is 1.61. The number of aryl methyl sites for hydroxylation is 1. The van der Waals surface area contributed by atoms with E-state index < -0.39 is 0 Å². The van der Waals surface area contributed by atoms with Crippen LogP contribution in [0.2, 0.25) is 0 Å². The van der Waals surface area contributed by atoms with Crippen LogP contribution < -0.4 is 0 Å². The molecule has 1 heterocycles.